The summed E-state index contributed by atoms with van der Waals surface area (Å²) in [6.45, 7) is 2.08. The van der Waals surface area contributed by atoms with Crippen molar-refractivity contribution < 1.29 is 0 Å². The molecule has 3 nitrogen and oxygen atoms in total. The molecule has 0 radical (unpaired) electrons. The van der Waals surface area contributed by atoms with Gasteiger partial charge in [-0.15, -0.1) is 0 Å². The zero-order valence-electron chi connectivity index (χ0n) is 10.7. The Kier molecular flexibility index (Phi) is 4.31. The predicted octanol–water partition coefficient (Wildman–Crippen LogP) is 2.51. The number of aryl methyl sites for hydroxylation is 2. The molecular formula is C14H19N3S. The summed E-state index contributed by atoms with van der Waals surface area (Å²) in [6.07, 6.45) is 5.85. The van der Waals surface area contributed by atoms with Crippen LogP contribution in [0.1, 0.15) is 42.9 Å². The lowest BCUT2D eigenvalue weighted by molar-refractivity contribution is 0.685. The van der Waals surface area contributed by atoms with Gasteiger partial charge in [-0.05, 0) is 67.1 Å². The third-order valence-corrected chi connectivity index (χ3v) is 3.41. The molecule has 1 aliphatic carbocycles. The number of thiocarbonyl (C=S) groups is 1. The Morgan fingerprint density at radius 3 is 2.72 bits per heavy atom. The molecule has 1 aromatic carbocycles. The fraction of sp³-hybridized carbons (Fsp3) is 0.429. The number of benzene rings is 1. The largest absolute Gasteiger partial charge is 0.375 e. The molecule has 0 heterocycles. The lowest BCUT2D eigenvalue weighted by Gasteiger charge is -2.17. The topological polar surface area (TPSA) is 50.4 Å². The molecule has 96 valence electrons. The quantitative estimate of drug-likeness (QED) is 0.499. The van der Waals surface area contributed by atoms with Gasteiger partial charge in [-0.25, -0.2) is 0 Å². The summed E-state index contributed by atoms with van der Waals surface area (Å²) in [4.78, 5) is 0. The van der Waals surface area contributed by atoms with E-state index in [1.54, 1.807) is 0 Å². The van der Waals surface area contributed by atoms with Gasteiger partial charge in [0.15, 0.2) is 5.11 Å². The van der Waals surface area contributed by atoms with Gasteiger partial charge < -0.3 is 5.73 Å². The van der Waals surface area contributed by atoms with Gasteiger partial charge in [0.1, 0.15) is 0 Å². The molecule has 0 saturated heterocycles. The molecule has 0 aliphatic heterocycles. The summed E-state index contributed by atoms with van der Waals surface area (Å²) in [6, 6.07) is 6.64. The number of hydrogen-bond acceptors (Lipinski definition) is 2. The van der Waals surface area contributed by atoms with Crippen molar-refractivity contribution >= 4 is 23.0 Å². The van der Waals surface area contributed by atoms with E-state index in [-0.39, 0.29) is 5.11 Å². The van der Waals surface area contributed by atoms with Gasteiger partial charge in [0, 0.05) is 0 Å². The van der Waals surface area contributed by atoms with Crippen molar-refractivity contribution in [3.8, 4) is 0 Å². The first-order chi connectivity index (χ1) is 8.70. The van der Waals surface area contributed by atoms with Crippen LogP contribution in [-0.4, -0.2) is 10.8 Å². The van der Waals surface area contributed by atoms with Crippen molar-refractivity contribution in [2.45, 2.75) is 39.0 Å². The first-order valence-electron chi connectivity index (χ1n) is 6.45. The van der Waals surface area contributed by atoms with E-state index < -0.39 is 0 Å². The summed E-state index contributed by atoms with van der Waals surface area (Å²) >= 11 is 4.77. The van der Waals surface area contributed by atoms with Crippen molar-refractivity contribution in [1.29, 1.82) is 0 Å². The molecule has 4 heteroatoms. The van der Waals surface area contributed by atoms with Crippen LogP contribution >= 0.6 is 12.2 Å². The van der Waals surface area contributed by atoms with Crippen LogP contribution in [0.5, 0.6) is 0 Å². The van der Waals surface area contributed by atoms with Gasteiger partial charge >= 0.3 is 0 Å². The second kappa shape index (κ2) is 5.96. The molecule has 18 heavy (non-hydrogen) atoms. The van der Waals surface area contributed by atoms with Crippen molar-refractivity contribution in [3.63, 3.8) is 0 Å². The van der Waals surface area contributed by atoms with E-state index in [1.807, 2.05) is 0 Å². The number of hydrazone groups is 1. The highest BCUT2D eigenvalue weighted by molar-refractivity contribution is 7.80. The van der Waals surface area contributed by atoms with E-state index in [1.165, 1.54) is 42.4 Å². The predicted molar refractivity (Wildman–Crippen MR) is 79.8 cm³/mol. The fourth-order valence-electron chi connectivity index (χ4n) is 2.38. The Bertz CT molecular complexity index is 480. The number of rotatable bonds is 3. The van der Waals surface area contributed by atoms with E-state index >= 15 is 0 Å². The monoisotopic (exact) mass is 261 g/mol. The van der Waals surface area contributed by atoms with Crippen LogP contribution in [0.4, 0.5) is 0 Å². The van der Waals surface area contributed by atoms with Crippen molar-refractivity contribution in [3.05, 3.63) is 34.9 Å². The van der Waals surface area contributed by atoms with E-state index in [2.05, 4.69) is 35.7 Å². The van der Waals surface area contributed by atoms with E-state index in [0.29, 0.717) is 0 Å². The van der Waals surface area contributed by atoms with Crippen LogP contribution < -0.4 is 11.2 Å². The first-order valence-corrected chi connectivity index (χ1v) is 6.85. The van der Waals surface area contributed by atoms with Crippen LogP contribution in [0.3, 0.4) is 0 Å². The van der Waals surface area contributed by atoms with Crippen LogP contribution in [0.25, 0.3) is 0 Å². The molecule has 0 spiro atoms. The number of nitrogens with two attached hydrogens (primary N) is 1. The third-order valence-electron chi connectivity index (χ3n) is 3.32. The van der Waals surface area contributed by atoms with E-state index in [9.17, 15) is 0 Å². The van der Waals surface area contributed by atoms with Crippen LogP contribution in [0, 0.1) is 0 Å². The summed E-state index contributed by atoms with van der Waals surface area (Å²) in [5, 5.41) is 4.47. The summed E-state index contributed by atoms with van der Waals surface area (Å²) in [5.74, 6) is 0. The maximum absolute atomic E-state index is 5.40. The molecule has 1 aromatic rings. The third kappa shape index (κ3) is 3.07. The van der Waals surface area contributed by atoms with Crippen LogP contribution in [0.15, 0.2) is 23.3 Å². The van der Waals surface area contributed by atoms with Crippen LogP contribution in [-0.2, 0) is 12.8 Å². The standard InChI is InChI=1S/C14H19N3S/c1-2-13(16-17-14(15)18)12-8-7-10-5-3-4-6-11(10)9-12/h7-9H,2-6H2,1H3,(H3,15,17,18)/b16-13-. The molecule has 3 N–H and O–H groups in total. The van der Waals surface area contributed by atoms with Crippen LogP contribution in [0.2, 0.25) is 0 Å². The average molecular weight is 261 g/mol. The lowest BCUT2D eigenvalue weighted by Crippen LogP contribution is -2.25. The Hall–Kier alpha value is -1.42. The fourth-order valence-corrected chi connectivity index (χ4v) is 2.43. The van der Waals surface area contributed by atoms with E-state index in [0.717, 1.165) is 12.1 Å². The minimum atomic E-state index is 0.207. The van der Waals surface area contributed by atoms with Gasteiger partial charge in [-0.1, -0.05) is 19.1 Å². The average Bonchev–Trinajstić information content (AvgIpc) is 2.39. The maximum Gasteiger partial charge on any atom is 0.184 e. The molecule has 2 rings (SSSR count). The minimum absolute atomic E-state index is 0.207. The molecule has 0 saturated carbocycles. The molecule has 0 amide bonds. The van der Waals surface area contributed by atoms with Gasteiger partial charge in [0.25, 0.3) is 0 Å². The molecule has 0 atom stereocenters. The normalized spacial score (nSPS) is 15.1. The zero-order chi connectivity index (χ0) is 13.0. The number of hydrogen-bond donors (Lipinski definition) is 2. The number of nitrogens with zero attached hydrogens (tertiary/aromatic N) is 1. The molecular weight excluding hydrogens is 242 g/mol. The van der Waals surface area contributed by atoms with Crippen molar-refractivity contribution in [2.24, 2.45) is 10.8 Å². The smallest absolute Gasteiger partial charge is 0.184 e. The second-order valence-electron chi connectivity index (χ2n) is 4.58. The SMILES string of the molecule is CC/C(=N/NC(N)=S)c1ccc2c(c1)CCCC2. The maximum atomic E-state index is 5.40. The van der Waals surface area contributed by atoms with Gasteiger partial charge in [0.2, 0.25) is 0 Å². The highest BCUT2D eigenvalue weighted by Gasteiger charge is 2.11. The number of nitrogens with one attached hydrogen (secondary N) is 1. The molecule has 0 fully saturated rings. The van der Waals surface area contributed by atoms with Crippen molar-refractivity contribution in [2.75, 3.05) is 0 Å². The van der Waals surface area contributed by atoms with Gasteiger partial charge in [-0.3, -0.25) is 5.43 Å². The first kappa shape index (κ1) is 13.0. The Labute approximate surface area is 113 Å². The zero-order valence-corrected chi connectivity index (χ0v) is 11.5. The van der Waals surface area contributed by atoms with Crippen molar-refractivity contribution in [1.82, 2.24) is 5.43 Å². The van der Waals surface area contributed by atoms with E-state index in [4.69, 9.17) is 18.0 Å². The molecule has 0 aromatic heterocycles. The van der Waals surface area contributed by atoms with Gasteiger partial charge in [-0.2, -0.15) is 5.10 Å². The summed E-state index contributed by atoms with van der Waals surface area (Å²) in [5.41, 5.74) is 13.2. The highest BCUT2D eigenvalue weighted by Crippen LogP contribution is 2.22. The van der Waals surface area contributed by atoms with Gasteiger partial charge in [0.05, 0.1) is 5.71 Å². The molecule has 0 unspecified atom stereocenters. The summed E-state index contributed by atoms with van der Waals surface area (Å²) < 4.78 is 0. The lowest BCUT2D eigenvalue weighted by atomic mass is 9.89. The Balaban J connectivity index is 2.26. The molecule has 0 bridgehead atoms. The highest BCUT2D eigenvalue weighted by atomic mass is 32.1. The Morgan fingerprint density at radius 2 is 2.06 bits per heavy atom. The Morgan fingerprint density at radius 1 is 1.33 bits per heavy atom. The minimum Gasteiger partial charge on any atom is -0.375 e. The number of fused-ring (bicyclic) bond motifs is 1. The second-order valence-corrected chi connectivity index (χ2v) is 5.02. The summed E-state index contributed by atoms with van der Waals surface area (Å²) in [7, 11) is 0. The molecule has 1 aliphatic rings.